The molecule has 2 bridgehead atoms. The highest BCUT2D eigenvalue weighted by Gasteiger charge is 2.29. The summed E-state index contributed by atoms with van der Waals surface area (Å²) in [6, 6.07) is 0. The number of carbonyl (C=O) groups excluding carboxylic acids is 1. The number of carbonyl (C=O) groups is 1. The average Bonchev–Trinajstić information content (AvgIpc) is 2.29. The zero-order chi connectivity index (χ0) is 7.14. The van der Waals surface area contributed by atoms with Crippen LogP contribution < -0.4 is 0 Å². The van der Waals surface area contributed by atoms with E-state index in [1.165, 1.54) is 0 Å². The van der Waals surface area contributed by atoms with Crippen molar-refractivity contribution in [2.24, 2.45) is 11.8 Å². The molecule has 0 radical (unpaired) electrons. The maximum atomic E-state index is 11.2. The third-order valence-corrected chi connectivity index (χ3v) is 2.70. The van der Waals surface area contributed by atoms with Crippen LogP contribution in [-0.4, -0.2) is 5.78 Å². The van der Waals surface area contributed by atoms with Gasteiger partial charge in [0.25, 0.3) is 0 Å². The maximum absolute atomic E-state index is 11.2. The van der Waals surface area contributed by atoms with Crippen molar-refractivity contribution in [1.29, 1.82) is 0 Å². The summed E-state index contributed by atoms with van der Waals surface area (Å²) in [5, 5.41) is 0. The Bertz CT molecular complexity index is 240. The zero-order valence-electron chi connectivity index (χ0n) is 5.38. The molecule has 0 aromatic heterocycles. The van der Waals surface area contributed by atoms with Crippen LogP contribution in [-0.2, 0) is 4.79 Å². The minimum Gasteiger partial charge on any atom is -0.293 e. The van der Waals surface area contributed by atoms with E-state index in [4.69, 9.17) is 0 Å². The number of hydrogen-bond acceptors (Lipinski definition) is 1. The average molecular weight is 199 g/mol. The number of rotatable bonds is 0. The van der Waals surface area contributed by atoms with Crippen LogP contribution >= 0.6 is 15.9 Å². The predicted octanol–water partition coefficient (Wildman–Crippen LogP) is 2.04. The Morgan fingerprint density at radius 2 is 2.30 bits per heavy atom. The van der Waals surface area contributed by atoms with Gasteiger partial charge < -0.3 is 0 Å². The Balaban J connectivity index is 2.41. The number of ketones is 1. The third kappa shape index (κ3) is 0.788. The van der Waals surface area contributed by atoms with E-state index in [0.29, 0.717) is 5.92 Å². The fourth-order valence-corrected chi connectivity index (χ4v) is 2.13. The van der Waals surface area contributed by atoms with Crippen molar-refractivity contribution in [2.75, 3.05) is 0 Å². The summed E-state index contributed by atoms with van der Waals surface area (Å²) >= 11 is 3.25. The molecule has 0 aromatic carbocycles. The number of halogens is 1. The zero-order valence-corrected chi connectivity index (χ0v) is 6.97. The lowest BCUT2D eigenvalue weighted by Gasteiger charge is -2.13. The second kappa shape index (κ2) is 2.06. The largest absolute Gasteiger partial charge is 0.293 e. The Labute approximate surface area is 67.9 Å². The van der Waals surface area contributed by atoms with Gasteiger partial charge >= 0.3 is 0 Å². The van der Waals surface area contributed by atoms with Crippen molar-refractivity contribution in [3.8, 4) is 0 Å². The molecule has 0 saturated carbocycles. The lowest BCUT2D eigenvalue weighted by atomic mass is 9.93. The molecule has 0 heterocycles. The molecule has 1 nitrogen and oxygen atoms in total. The number of fused-ring (bicyclic) bond motifs is 2. The van der Waals surface area contributed by atoms with Crippen LogP contribution in [0.15, 0.2) is 22.7 Å². The standard InChI is InChI=1S/C8H7BrO/c9-7-4-5-1-2-6(3-5)8(7)10/h1-2,4-6H,3H2. The predicted molar refractivity (Wildman–Crippen MR) is 42.8 cm³/mol. The molecule has 0 aliphatic heterocycles. The minimum absolute atomic E-state index is 0.171. The topological polar surface area (TPSA) is 17.1 Å². The lowest BCUT2D eigenvalue weighted by molar-refractivity contribution is -0.117. The van der Waals surface area contributed by atoms with Gasteiger partial charge in [-0.3, -0.25) is 4.79 Å². The molecule has 2 aliphatic carbocycles. The SMILES string of the molecule is O=C1C(Br)=CC2C=CC1C2. The molecule has 52 valence electrons. The molecule has 0 fully saturated rings. The molecule has 0 amide bonds. The van der Waals surface area contributed by atoms with Crippen LogP contribution in [0.2, 0.25) is 0 Å². The monoisotopic (exact) mass is 198 g/mol. The van der Waals surface area contributed by atoms with Crippen molar-refractivity contribution < 1.29 is 4.79 Å². The van der Waals surface area contributed by atoms with E-state index >= 15 is 0 Å². The van der Waals surface area contributed by atoms with Gasteiger partial charge in [0.2, 0.25) is 0 Å². The molecular weight excluding hydrogens is 192 g/mol. The second-order valence-corrected chi connectivity index (χ2v) is 3.62. The fourth-order valence-electron chi connectivity index (χ4n) is 1.49. The van der Waals surface area contributed by atoms with Gasteiger partial charge in [0.1, 0.15) is 0 Å². The summed E-state index contributed by atoms with van der Waals surface area (Å²) < 4.78 is 0.763. The van der Waals surface area contributed by atoms with Crippen molar-refractivity contribution >= 4 is 21.7 Å². The summed E-state index contributed by atoms with van der Waals surface area (Å²) in [6.45, 7) is 0. The molecule has 2 atom stereocenters. The van der Waals surface area contributed by atoms with E-state index < -0.39 is 0 Å². The van der Waals surface area contributed by atoms with E-state index in [0.717, 1.165) is 10.9 Å². The first-order chi connectivity index (χ1) is 4.77. The molecule has 0 N–H and O–H groups in total. The van der Waals surface area contributed by atoms with Crippen LogP contribution in [0.1, 0.15) is 6.42 Å². The van der Waals surface area contributed by atoms with Gasteiger partial charge in [-0.05, 0) is 28.3 Å². The van der Waals surface area contributed by atoms with Crippen LogP contribution in [0.4, 0.5) is 0 Å². The van der Waals surface area contributed by atoms with E-state index in [1.807, 2.05) is 12.2 Å². The van der Waals surface area contributed by atoms with E-state index in [2.05, 4.69) is 22.0 Å². The van der Waals surface area contributed by atoms with Gasteiger partial charge in [-0.15, -0.1) is 0 Å². The van der Waals surface area contributed by atoms with E-state index in [9.17, 15) is 4.79 Å². The molecule has 0 spiro atoms. The van der Waals surface area contributed by atoms with Crippen LogP contribution in [0.5, 0.6) is 0 Å². The van der Waals surface area contributed by atoms with Crippen LogP contribution in [0.25, 0.3) is 0 Å². The third-order valence-electron chi connectivity index (χ3n) is 2.05. The first-order valence-corrected chi connectivity index (χ1v) is 4.16. The van der Waals surface area contributed by atoms with Gasteiger partial charge in [0.15, 0.2) is 5.78 Å². The molecule has 0 aromatic rings. The molecule has 2 unspecified atom stereocenters. The fraction of sp³-hybridized carbons (Fsp3) is 0.375. The van der Waals surface area contributed by atoms with Crippen molar-refractivity contribution in [3.05, 3.63) is 22.7 Å². The molecule has 0 saturated heterocycles. The summed E-state index contributed by atoms with van der Waals surface area (Å²) in [5.74, 6) is 0.923. The number of hydrogen-bond donors (Lipinski definition) is 0. The van der Waals surface area contributed by atoms with Gasteiger partial charge in [0, 0.05) is 5.92 Å². The smallest absolute Gasteiger partial charge is 0.176 e. The summed E-state index contributed by atoms with van der Waals surface area (Å²) in [6.07, 6.45) is 7.10. The summed E-state index contributed by atoms with van der Waals surface area (Å²) in [7, 11) is 0. The Hall–Kier alpha value is -0.370. The van der Waals surface area contributed by atoms with Crippen molar-refractivity contribution in [1.82, 2.24) is 0 Å². The molecule has 10 heavy (non-hydrogen) atoms. The minimum atomic E-state index is 0.171. The van der Waals surface area contributed by atoms with Gasteiger partial charge in [-0.1, -0.05) is 18.2 Å². The first-order valence-electron chi connectivity index (χ1n) is 3.37. The first kappa shape index (κ1) is 6.35. The van der Waals surface area contributed by atoms with Gasteiger partial charge in [0.05, 0.1) is 4.48 Å². The van der Waals surface area contributed by atoms with E-state index in [1.54, 1.807) is 0 Å². The van der Waals surface area contributed by atoms with Gasteiger partial charge in [-0.2, -0.15) is 0 Å². The van der Waals surface area contributed by atoms with Crippen LogP contribution in [0.3, 0.4) is 0 Å². The quantitative estimate of drug-likeness (QED) is 0.545. The molecule has 2 aliphatic rings. The summed E-state index contributed by atoms with van der Waals surface area (Å²) in [4.78, 5) is 11.2. The maximum Gasteiger partial charge on any atom is 0.176 e. The summed E-state index contributed by atoms with van der Waals surface area (Å²) in [5.41, 5.74) is 0. The second-order valence-electron chi connectivity index (χ2n) is 2.77. The highest BCUT2D eigenvalue weighted by molar-refractivity contribution is 9.12. The Kier molecular flexibility index (Phi) is 1.31. The highest BCUT2D eigenvalue weighted by atomic mass is 79.9. The Morgan fingerprint density at radius 1 is 1.50 bits per heavy atom. The Morgan fingerprint density at radius 3 is 3.10 bits per heavy atom. The van der Waals surface area contributed by atoms with E-state index in [-0.39, 0.29) is 11.7 Å². The molecule has 2 rings (SSSR count). The number of Topliss-reactive ketones (excluding diaryl/α,β-unsaturated/α-hetero) is 1. The normalized spacial score (nSPS) is 36.5. The van der Waals surface area contributed by atoms with Crippen molar-refractivity contribution in [2.45, 2.75) is 6.42 Å². The van der Waals surface area contributed by atoms with Crippen molar-refractivity contribution in [3.63, 3.8) is 0 Å². The lowest BCUT2D eigenvalue weighted by Crippen LogP contribution is -2.15. The number of allylic oxidation sites excluding steroid dienone is 4. The molecular formula is C8H7BrO. The molecule has 2 heteroatoms. The van der Waals surface area contributed by atoms with Gasteiger partial charge in [-0.25, -0.2) is 0 Å². The highest BCUT2D eigenvalue weighted by Crippen LogP contribution is 2.34. The van der Waals surface area contributed by atoms with Crippen LogP contribution in [0, 0.1) is 11.8 Å².